The summed E-state index contributed by atoms with van der Waals surface area (Å²) in [6, 6.07) is 5.29. The first-order valence-electron chi connectivity index (χ1n) is 9.30. The molecule has 1 aliphatic heterocycles. The Kier molecular flexibility index (Phi) is 5.56. The van der Waals surface area contributed by atoms with Crippen molar-refractivity contribution >= 4 is 16.8 Å². The summed E-state index contributed by atoms with van der Waals surface area (Å²) >= 11 is 0. The largest absolute Gasteiger partial charge is 0.494 e. The zero-order valence-electron chi connectivity index (χ0n) is 15.7. The van der Waals surface area contributed by atoms with E-state index in [1.807, 2.05) is 6.92 Å². The van der Waals surface area contributed by atoms with Crippen LogP contribution in [-0.2, 0) is 11.2 Å². The van der Waals surface area contributed by atoms with Crippen molar-refractivity contribution in [1.82, 2.24) is 14.6 Å². The predicted octanol–water partition coefficient (Wildman–Crippen LogP) is 1.55. The normalized spacial score (nSPS) is 14.2. The molecule has 0 radical (unpaired) electrons. The van der Waals surface area contributed by atoms with Gasteiger partial charge in [0, 0.05) is 25.5 Å². The van der Waals surface area contributed by atoms with E-state index in [9.17, 15) is 9.59 Å². The van der Waals surface area contributed by atoms with Crippen LogP contribution in [0, 0.1) is 0 Å². The molecule has 0 atom stereocenters. The molecule has 0 fully saturated rings. The molecule has 1 aromatic carbocycles. The van der Waals surface area contributed by atoms with Crippen LogP contribution in [0.1, 0.15) is 33.0 Å². The lowest BCUT2D eigenvalue weighted by Gasteiger charge is -2.32. The van der Waals surface area contributed by atoms with E-state index in [4.69, 9.17) is 4.74 Å². The number of benzene rings is 1. The first kappa shape index (κ1) is 18.4. The van der Waals surface area contributed by atoms with Gasteiger partial charge in [-0.3, -0.25) is 9.59 Å². The van der Waals surface area contributed by atoms with Crippen molar-refractivity contribution in [1.29, 1.82) is 0 Å². The van der Waals surface area contributed by atoms with Crippen LogP contribution in [0.4, 0.5) is 0 Å². The molecule has 0 saturated carbocycles. The number of carbonyl (C=O) groups is 1. The van der Waals surface area contributed by atoms with Crippen LogP contribution in [0.15, 0.2) is 23.0 Å². The molecule has 2 aromatic rings. The number of carbonyl (C=O) groups excluding carboxylic acids is 1. The van der Waals surface area contributed by atoms with E-state index in [2.05, 4.69) is 23.7 Å². The first-order chi connectivity index (χ1) is 12.6. The average Bonchev–Trinajstić information content (AvgIpc) is 2.64. The number of aryl methyl sites for hydroxylation is 1. The molecule has 0 bridgehead atoms. The van der Waals surface area contributed by atoms with Gasteiger partial charge in [-0.15, -0.1) is 0 Å². The van der Waals surface area contributed by atoms with Crippen LogP contribution in [0.25, 0.3) is 10.9 Å². The molecule has 140 valence electrons. The topological polar surface area (TPSA) is 67.7 Å². The summed E-state index contributed by atoms with van der Waals surface area (Å²) in [6.07, 6.45) is 0.853. The Hall–Kier alpha value is -2.41. The summed E-state index contributed by atoms with van der Waals surface area (Å²) in [6.45, 7) is 9.69. The number of hydrogen-bond acceptors (Lipinski definition) is 5. The van der Waals surface area contributed by atoms with Crippen LogP contribution in [0.3, 0.4) is 0 Å². The third-order valence-electron chi connectivity index (χ3n) is 4.81. The van der Waals surface area contributed by atoms with Gasteiger partial charge in [-0.1, -0.05) is 13.8 Å². The molecule has 0 saturated heterocycles. The second-order valence-electron chi connectivity index (χ2n) is 6.30. The molecule has 7 heteroatoms. The maximum Gasteiger partial charge on any atom is 0.280 e. The zero-order valence-corrected chi connectivity index (χ0v) is 15.7. The Labute approximate surface area is 153 Å². The van der Waals surface area contributed by atoms with Crippen molar-refractivity contribution in [3.05, 3.63) is 34.4 Å². The minimum atomic E-state index is -0.194. The molecule has 0 unspecified atom stereocenters. The van der Waals surface area contributed by atoms with Crippen LogP contribution in [0.5, 0.6) is 5.75 Å². The molecule has 26 heavy (non-hydrogen) atoms. The van der Waals surface area contributed by atoms with Crippen LogP contribution in [0.2, 0.25) is 0 Å². The van der Waals surface area contributed by atoms with E-state index in [0.29, 0.717) is 48.5 Å². The van der Waals surface area contributed by atoms with Crippen molar-refractivity contribution in [3.63, 3.8) is 0 Å². The number of amides is 1. The molecule has 1 aliphatic rings. The van der Waals surface area contributed by atoms with Gasteiger partial charge in [0.05, 0.1) is 24.1 Å². The van der Waals surface area contributed by atoms with Gasteiger partial charge in [-0.05, 0) is 32.1 Å². The number of fused-ring (bicyclic) bond motifs is 2. The lowest BCUT2D eigenvalue weighted by Crippen LogP contribution is -2.53. The maximum atomic E-state index is 13.1. The van der Waals surface area contributed by atoms with E-state index in [-0.39, 0.29) is 11.5 Å². The number of rotatable bonds is 7. The van der Waals surface area contributed by atoms with Crippen molar-refractivity contribution in [2.24, 2.45) is 0 Å². The van der Waals surface area contributed by atoms with Crippen molar-refractivity contribution in [2.75, 3.05) is 37.8 Å². The standard InChI is InChI=1S/C19H26N4O3/c1-4-21(5-2)11-12-22-18(24)10-9-17-20-16-13-14(26-6-3)7-8-15(16)19(25)23(17)22/h7-8,13H,4-6,9-12H2,1-3H3. The highest BCUT2D eigenvalue weighted by Gasteiger charge is 2.27. The second-order valence-corrected chi connectivity index (χ2v) is 6.30. The third-order valence-corrected chi connectivity index (χ3v) is 4.81. The SMILES string of the molecule is CCOc1ccc2c(=O)n3c(nc2c1)CCC(=O)N3CCN(CC)CC. The Bertz CT molecular complexity index is 858. The highest BCUT2D eigenvalue weighted by atomic mass is 16.5. The molecule has 3 rings (SSSR count). The van der Waals surface area contributed by atoms with Crippen LogP contribution < -0.4 is 15.3 Å². The fourth-order valence-corrected chi connectivity index (χ4v) is 3.33. The number of likely N-dealkylation sites (N-methyl/N-ethyl adjacent to an activating group) is 1. The minimum absolute atomic E-state index is 0.0288. The molecule has 1 amide bonds. The fourth-order valence-electron chi connectivity index (χ4n) is 3.33. The highest BCUT2D eigenvalue weighted by Crippen LogP contribution is 2.19. The first-order valence-corrected chi connectivity index (χ1v) is 9.30. The van der Waals surface area contributed by atoms with E-state index in [1.54, 1.807) is 23.2 Å². The minimum Gasteiger partial charge on any atom is -0.494 e. The third kappa shape index (κ3) is 3.44. The van der Waals surface area contributed by atoms with Crippen LogP contribution >= 0.6 is 0 Å². The Balaban J connectivity index is 2.01. The zero-order chi connectivity index (χ0) is 18.7. The quantitative estimate of drug-likeness (QED) is 0.751. The van der Waals surface area contributed by atoms with Gasteiger partial charge in [-0.25, -0.2) is 9.99 Å². The highest BCUT2D eigenvalue weighted by molar-refractivity contribution is 5.88. The van der Waals surface area contributed by atoms with Gasteiger partial charge in [0.2, 0.25) is 5.91 Å². The molecule has 7 nitrogen and oxygen atoms in total. The summed E-state index contributed by atoms with van der Waals surface area (Å²) < 4.78 is 6.98. The van der Waals surface area contributed by atoms with Gasteiger partial charge < -0.3 is 9.64 Å². The Morgan fingerprint density at radius 1 is 1.15 bits per heavy atom. The summed E-state index contributed by atoms with van der Waals surface area (Å²) in [5.41, 5.74) is 0.422. The number of aromatic nitrogens is 2. The molecular weight excluding hydrogens is 332 g/mol. The molecule has 1 aromatic heterocycles. The maximum absolute atomic E-state index is 13.1. The predicted molar refractivity (Wildman–Crippen MR) is 101 cm³/mol. The van der Waals surface area contributed by atoms with Gasteiger partial charge in [0.15, 0.2) is 0 Å². The van der Waals surface area contributed by atoms with Gasteiger partial charge in [0.25, 0.3) is 5.56 Å². The average molecular weight is 358 g/mol. The molecule has 0 spiro atoms. The summed E-state index contributed by atoms with van der Waals surface area (Å²) in [4.78, 5) is 32.4. The van der Waals surface area contributed by atoms with Gasteiger partial charge >= 0.3 is 0 Å². The molecule has 2 heterocycles. The van der Waals surface area contributed by atoms with Crippen molar-refractivity contribution in [2.45, 2.75) is 33.6 Å². The molecular formula is C19H26N4O3. The number of hydrogen-bond donors (Lipinski definition) is 0. The lowest BCUT2D eigenvalue weighted by atomic mass is 10.2. The molecule has 0 N–H and O–H groups in total. The summed E-state index contributed by atoms with van der Waals surface area (Å²) in [5, 5.41) is 2.06. The smallest absolute Gasteiger partial charge is 0.280 e. The van der Waals surface area contributed by atoms with E-state index in [1.165, 1.54) is 4.68 Å². The van der Waals surface area contributed by atoms with E-state index < -0.39 is 0 Å². The summed E-state index contributed by atoms with van der Waals surface area (Å²) in [5.74, 6) is 1.30. The number of nitrogens with zero attached hydrogens (tertiary/aromatic N) is 4. The second kappa shape index (κ2) is 7.86. The Morgan fingerprint density at radius 2 is 1.92 bits per heavy atom. The molecule has 0 aliphatic carbocycles. The van der Waals surface area contributed by atoms with E-state index in [0.717, 1.165) is 19.6 Å². The fraction of sp³-hybridized carbons (Fsp3) is 0.526. The Morgan fingerprint density at radius 3 is 2.62 bits per heavy atom. The van der Waals surface area contributed by atoms with Crippen molar-refractivity contribution in [3.8, 4) is 5.75 Å². The monoisotopic (exact) mass is 358 g/mol. The van der Waals surface area contributed by atoms with Gasteiger partial charge in [0.1, 0.15) is 11.6 Å². The number of ether oxygens (including phenoxy) is 1. The van der Waals surface area contributed by atoms with E-state index >= 15 is 0 Å². The lowest BCUT2D eigenvalue weighted by molar-refractivity contribution is -0.121. The van der Waals surface area contributed by atoms with Gasteiger partial charge in [-0.2, -0.15) is 4.68 Å². The van der Waals surface area contributed by atoms with Crippen molar-refractivity contribution < 1.29 is 9.53 Å². The van der Waals surface area contributed by atoms with Crippen LogP contribution in [-0.4, -0.2) is 53.3 Å². The summed E-state index contributed by atoms with van der Waals surface area (Å²) in [7, 11) is 0.